The van der Waals surface area contributed by atoms with Crippen LogP contribution in [-0.4, -0.2) is 28.7 Å². The molecule has 0 amide bonds. The van der Waals surface area contributed by atoms with Gasteiger partial charge in [-0.15, -0.1) is 0 Å². The van der Waals surface area contributed by atoms with Gasteiger partial charge in [0.15, 0.2) is 5.60 Å². The van der Waals surface area contributed by atoms with E-state index in [-0.39, 0.29) is 5.25 Å². The van der Waals surface area contributed by atoms with Crippen LogP contribution < -0.4 is 0 Å². The Hall–Kier alpha value is -1.00. The lowest BCUT2D eigenvalue weighted by Crippen LogP contribution is -2.45. The molecule has 2 atom stereocenters. The second-order valence-electron chi connectivity index (χ2n) is 4.49. The van der Waals surface area contributed by atoms with Crippen LogP contribution in [0.3, 0.4) is 0 Å². The summed E-state index contributed by atoms with van der Waals surface area (Å²) in [5, 5.41) is 10.6. The van der Waals surface area contributed by atoms with E-state index in [1.807, 2.05) is 25.1 Å². The van der Waals surface area contributed by atoms with Gasteiger partial charge in [0.05, 0.1) is 6.61 Å². The van der Waals surface area contributed by atoms with Crippen LogP contribution in [0.15, 0.2) is 30.3 Å². The molecule has 0 saturated carbocycles. The summed E-state index contributed by atoms with van der Waals surface area (Å²) >= 11 is 1.62. The Balaban J connectivity index is 2.36. The fraction of sp³-hybridized carbons (Fsp3) is 0.500. The first-order valence-corrected chi connectivity index (χ1v) is 7.27. The maximum absolute atomic E-state index is 12.2. The smallest absolute Gasteiger partial charge is 0.344 e. The number of esters is 1. The summed E-state index contributed by atoms with van der Waals surface area (Å²) in [6.45, 7) is 2.27. The van der Waals surface area contributed by atoms with Gasteiger partial charge in [-0.05, 0) is 31.1 Å². The first-order valence-electron chi connectivity index (χ1n) is 6.22. The third-order valence-corrected chi connectivity index (χ3v) is 4.62. The van der Waals surface area contributed by atoms with Crippen molar-refractivity contribution in [3.05, 3.63) is 35.9 Å². The number of ether oxygens (including phenoxy) is 1. The highest BCUT2D eigenvalue weighted by atomic mass is 32.2. The molecule has 1 fully saturated rings. The van der Waals surface area contributed by atoms with Gasteiger partial charge in [0.1, 0.15) is 0 Å². The number of benzene rings is 1. The van der Waals surface area contributed by atoms with Crippen molar-refractivity contribution in [1.82, 2.24) is 0 Å². The number of carbonyl (C=O) groups is 1. The van der Waals surface area contributed by atoms with E-state index in [4.69, 9.17) is 4.74 Å². The summed E-state index contributed by atoms with van der Waals surface area (Å²) in [7, 11) is 0. The van der Waals surface area contributed by atoms with Crippen LogP contribution in [0, 0.1) is 0 Å². The number of hydrogen-bond acceptors (Lipinski definition) is 4. The fourth-order valence-corrected chi connectivity index (χ4v) is 3.27. The number of carbonyl (C=O) groups excluding carboxylic acids is 1. The van der Waals surface area contributed by atoms with Crippen molar-refractivity contribution < 1.29 is 14.6 Å². The second kappa shape index (κ2) is 5.76. The Labute approximate surface area is 112 Å². The number of thioether (sulfide) groups is 1. The molecule has 1 N–H and O–H groups in total. The molecule has 3 nitrogen and oxygen atoms in total. The lowest BCUT2D eigenvalue weighted by molar-refractivity contribution is -0.166. The summed E-state index contributed by atoms with van der Waals surface area (Å²) in [5.74, 6) is 0.406. The molecule has 2 unspecified atom stereocenters. The lowest BCUT2D eigenvalue weighted by Gasteiger charge is -2.31. The Morgan fingerprint density at radius 1 is 1.33 bits per heavy atom. The van der Waals surface area contributed by atoms with Crippen molar-refractivity contribution in [1.29, 1.82) is 0 Å². The zero-order chi connectivity index (χ0) is 13.0. The number of rotatable bonds is 1. The van der Waals surface area contributed by atoms with Crippen LogP contribution in [0.5, 0.6) is 0 Å². The van der Waals surface area contributed by atoms with E-state index >= 15 is 0 Å². The second-order valence-corrected chi connectivity index (χ2v) is 5.94. The number of aliphatic hydroxyl groups is 1. The molecule has 0 radical (unpaired) electrons. The molecule has 0 spiro atoms. The van der Waals surface area contributed by atoms with Gasteiger partial charge in [-0.2, -0.15) is 11.8 Å². The molecule has 18 heavy (non-hydrogen) atoms. The van der Waals surface area contributed by atoms with Crippen molar-refractivity contribution in [2.75, 3.05) is 12.4 Å². The predicted octanol–water partition coefficient (Wildman–Crippen LogP) is 2.33. The van der Waals surface area contributed by atoms with E-state index in [1.54, 1.807) is 23.9 Å². The van der Waals surface area contributed by atoms with Gasteiger partial charge in [-0.3, -0.25) is 0 Å². The molecule has 1 saturated heterocycles. The molecule has 0 bridgehead atoms. The normalized spacial score (nSPS) is 29.9. The van der Waals surface area contributed by atoms with Gasteiger partial charge in [-0.1, -0.05) is 30.3 Å². The maximum Gasteiger partial charge on any atom is 0.344 e. The van der Waals surface area contributed by atoms with Crippen LogP contribution >= 0.6 is 11.8 Å². The average Bonchev–Trinajstić information content (AvgIpc) is 2.46. The highest BCUT2D eigenvalue weighted by Gasteiger charge is 2.45. The monoisotopic (exact) mass is 266 g/mol. The van der Waals surface area contributed by atoms with Crippen LogP contribution in [0.1, 0.15) is 25.3 Å². The number of hydrogen-bond donors (Lipinski definition) is 1. The molecular formula is C14H18O3S. The fourth-order valence-electron chi connectivity index (χ4n) is 2.07. The summed E-state index contributed by atoms with van der Waals surface area (Å²) in [4.78, 5) is 12.2. The van der Waals surface area contributed by atoms with Gasteiger partial charge in [0.25, 0.3) is 0 Å². The summed E-state index contributed by atoms with van der Waals surface area (Å²) in [6.07, 6.45) is 1.86. The van der Waals surface area contributed by atoms with Crippen LogP contribution in [0.4, 0.5) is 0 Å². The molecule has 1 aromatic rings. The Morgan fingerprint density at radius 3 is 2.78 bits per heavy atom. The van der Waals surface area contributed by atoms with Gasteiger partial charge in [0, 0.05) is 5.25 Å². The van der Waals surface area contributed by atoms with Crippen molar-refractivity contribution >= 4 is 17.7 Å². The van der Waals surface area contributed by atoms with Crippen molar-refractivity contribution in [3.63, 3.8) is 0 Å². The molecule has 1 heterocycles. The van der Waals surface area contributed by atoms with Gasteiger partial charge >= 0.3 is 5.97 Å². The molecule has 1 aliphatic rings. The molecule has 0 aromatic heterocycles. The summed E-state index contributed by atoms with van der Waals surface area (Å²) < 4.78 is 5.20. The SMILES string of the molecule is CC1SCCCCOC(=O)C1(O)c1ccccc1. The van der Waals surface area contributed by atoms with E-state index in [1.165, 1.54) is 0 Å². The Kier molecular flexibility index (Phi) is 4.30. The van der Waals surface area contributed by atoms with Crippen molar-refractivity contribution in [2.24, 2.45) is 0 Å². The minimum absolute atomic E-state index is 0.217. The lowest BCUT2D eigenvalue weighted by atomic mass is 9.91. The zero-order valence-electron chi connectivity index (χ0n) is 10.5. The molecule has 1 aliphatic heterocycles. The molecule has 2 rings (SSSR count). The Bertz CT molecular complexity index is 407. The van der Waals surface area contributed by atoms with Gasteiger partial charge in [-0.25, -0.2) is 4.79 Å². The molecular weight excluding hydrogens is 248 g/mol. The third kappa shape index (κ3) is 2.54. The first-order chi connectivity index (χ1) is 8.65. The number of cyclic esters (lactones) is 1. The standard InChI is InChI=1S/C14H18O3S/c1-11-14(16,12-7-3-2-4-8-12)13(15)17-9-5-6-10-18-11/h2-4,7-8,11,16H,5-6,9-10H2,1H3. The molecule has 4 heteroatoms. The minimum atomic E-state index is -1.55. The van der Waals surface area contributed by atoms with E-state index in [0.717, 1.165) is 18.6 Å². The zero-order valence-corrected chi connectivity index (χ0v) is 11.3. The highest BCUT2D eigenvalue weighted by molar-refractivity contribution is 7.99. The third-order valence-electron chi connectivity index (χ3n) is 3.25. The summed E-state index contributed by atoms with van der Waals surface area (Å²) in [5.41, 5.74) is -0.937. The van der Waals surface area contributed by atoms with E-state index in [9.17, 15) is 9.90 Å². The van der Waals surface area contributed by atoms with Crippen LogP contribution in [0.25, 0.3) is 0 Å². The topological polar surface area (TPSA) is 46.5 Å². The minimum Gasteiger partial charge on any atom is -0.463 e. The van der Waals surface area contributed by atoms with Crippen LogP contribution in [0.2, 0.25) is 0 Å². The first kappa shape index (κ1) is 13.4. The molecule has 0 aliphatic carbocycles. The van der Waals surface area contributed by atoms with E-state index in [0.29, 0.717) is 12.2 Å². The average molecular weight is 266 g/mol. The van der Waals surface area contributed by atoms with E-state index in [2.05, 4.69) is 0 Å². The highest BCUT2D eigenvalue weighted by Crippen LogP contribution is 2.35. The van der Waals surface area contributed by atoms with Gasteiger partial charge < -0.3 is 9.84 Å². The van der Waals surface area contributed by atoms with Crippen molar-refractivity contribution in [2.45, 2.75) is 30.6 Å². The predicted molar refractivity (Wildman–Crippen MR) is 72.5 cm³/mol. The van der Waals surface area contributed by atoms with E-state index < -0.39 is 11.6 Å². The largest absolute Gasteiger partial charge is 0.463 e. The Morgan fingerprint density at radius 2 is 2.06 bits per heavy atom. The van der Waals surface area contributed by atoms with Crippen molar-refractivity contribution in [3.8, 4) is 0 Å². The molecule has 98 valence electrons. The maximum atomic E-state index is 12.2. The quantitative estimate of drug-likeness (QED) is 0.793. The van der Waals surface area contributed by atoms with Gasteiger partial charge in [0.2, 0.25) is 0 Å². The molecule has 1 aromatic carbocycles. The summed E-state index contributed by atoms with van der Waals surface area (Å²) in [6, 6.07) is 9.06. The van der Waals surface area contributed by atoms with Crippen LogP contribution in [-0.2, 0) is 15.1 Å².